The lowest BCUT2D eigenvalue weighted by Crippen LogP contribution is -2.29. The molecular formula is C10H14N2O2S. The number of methoxy groups -OCH3 is 1. The average molecular weight is 226 g/mol. The molecule has 1 aromatic heterocycles. The van der Waals surface area contributed by atoms with Crippen LogP contribution in [0.5, 0.6) is 5.75 Å². The maximum Gasteiger partial charge on any atom is 0.134 e. The van der Waals surface area contributed by atoms with Gasteiger partial charge >= 0.3 is 0 Å². The van der Waals surface area contributed by atoms with Crippen molar-refractivity contribution in [3.05, 3.63) is 28.2 Å². The number of rotatable bonds is 4. The fourth-order valence-electron chi connectivity index (χ4n) is 1.61. The summed E-state index contributed by atoms with van der Waals surface area (Å²) in [6.07, 6.45) is 3.00. The van der Waals surface area contributed by atoms with E-state index < -0.39 is 0 Å². The van der Waals surface area contributed by atoms with Crippen LogP contribution in [0.25, 0.3) is 0 Å². The Balaban J connectivity index is 2.26. The average Bonchev–Trinajstić information content (AvgIpc) is 2.89. The molecule has 0 bridgehead atoms. The molecule has 1 aromatic rings. The van der Waals surface area contributed by atoms with Crippen LogP contribution in [0.15, 0.2) is 23.3 Å². The van der Waals surface area contributed by atoms with Gasteiger partial charge in [-0.1, -0.05) is 0 Å². The van der Waals surface area contributed by atoms with Crippen LogP contribution < -0.4 is 16.0 Å². The van der Waals surface area contributed by atoms with E-state index in [0.717, 1.165) is 29.4 Å². The van der Waals surface area contributed by atoms with Crippen molar-refractivity contribution in [3.8, 4) is 5.75 Å². The van der Waals surface area contributed by atoms with Crippen LogP contribution in [0.2, 0.25) is 0 Å². The molecule has 5 heteroatoms. The first-order valence-electron chi connectivity index (χ1n) is 4.77. The molecule has 1 aliphatic rings. The summed E-state index contributed by atoms with van der Waals surface area (Å²) >= 11 is 1.61. The first kappa shape index (κ1) is 10.5. The third kappa shape index (κ3) is 1.99. The molecular weight excluding hydrogens is 212 g/mol. The van der Waals surface area contributed by atoms with E-state index in [1.807, 2.05) is 11.4 Å². The van der Waals surface area contributed by atoms with Crippen LogP contribution in [0.1, 0.15) is 17.3 Å². The number of hydrazine groups is 1. The van der Waals surface area contributed by atoms with Crippen molar-refractivity contribution in [1.82, 2.24) is 5.43 Å². The number of hydrogen-bond acceptors (Lipinski definition) is 5. The van der Waals surface area contributed by atoms with Gasteiger partial charge in [0.15, 0.2) is 0 Å². The molecule has 3 N–H and O–H groups in total. The molecule has 0 amide bonds. The minimum Gasteiger partial charge on any atom is -0.496 e. The van der Waals surface area contributed by atoms with E-state index in [1.54, 1.807) is 18.4 Å². The number of hydrogen-bond donors (Lipinski definition) is 2. The predicted octanol–water partition coefficient (Wildman–Crippen LogP) is 1.57. The molecule has 15 heavy (non-hydrogen) atoms. The normalized spacial score (nSPS) is 17.1. The van der Waals surface area contributed by atoms with Crippen molar-refractivity contribution in [1.29, 1.82) is 0 Å². The summed E-state index contributed by atoms with van der Waals surface area (Å²) in [7, 11) is 1.66. The van der Waals surface area contributed by atoms with E-state index in [1.165, 1.54) is 0 Å². The Hall–Kier alpha value is -1.04. The Labute approximate surface area is 92.7 Å². The first-order chi connectivity index (χ1) is 7.36. The largest absolute Gasteiger partial charge is 0.496 e. The van der Waals surface area contributed by atoms with Crippen molar-refractivity contribution < 1.29 is 9.47 Å². The summed E-state index contributed by atoms with van der Waals surface area (Å²) in [5.41, 5.74) is 2.76. The molecule has 2 rings (SSSR count). The third-order valence-corrected chi connectivity index (χ3v) is 3.29. The lowest BCUT2D eigenvalue weighted by atomic mass is 10.2. The second kappa shape index (κ2) is 4.65. The van der Waals surface area contributed by atoms with Crippen molar-refractivity contribution >= 4 is 11.3 Å². The van der Waals surface area contributed by atoms with Crippen LogP contribution >= 0.6 is 11.3 Å². The Bertz CT molecular complexity index is 362. The van der Waals surface area contributed by atoms with E-state index in [4.69, 9.17) is 15.3 Å². The zero-order valence-electron chi connectivity index (χ0n) is 8.53. The lowest BCUT2D eigenvalue weighted by molar-refractivity contribution is 0.215. The van der Waals surface area contributed by atoms with Crippen LogP contribution in [0, 0.1) is 0 Å². The van der Waals surface area contributed by atoms with Gasteiger partial charge in [-0.3, -0.25) is 5.84 Å². The summed E-state index contributed by atoms with van der Waals surface area (Å²) in [5, 5.41) is 1.98. The molecule has 0 saturated carbocycles. The van der Waals surface area contributed by atoms with Gasteiger partial charge in [-0.05, 0) is 17.5 Å². The first-order valence-corrected chi connectivity index (χ1v) is 5.65. The van der Waals surface area contributed by atoms with E-state index in [-0.39, 0.29) is 6.04 Å². The monoisotopic (exact) mass is 226 g/mol. The number of nitrogens with two attached hydrogens (primary N) is 1. The second-order valence-electron chi connectivity index (χ2n) is 3.20. The van der Waals surface area contributed by atoms with Crippen molar-refractivity contribution in [2.45, 2.75) is 12.5 Å². The highest BCUT2D eigenvalue weighted by Crippen LogP contribution is 2.35. The smallest absolute Gasteiger partial charge is 0.134 e. The minimum atomic E-state index is -0.0950. The van der Waals surface area contributed by atoms with E-state index in [2.05, 4.69) is 11.5 Å². The van der Waals surface area contributed by atoms with Crippen molar-refractivity contribution in [2.75, 3.05) is 13.7 Å². The van der Waals surface area contributed by atoms with Gasteiger partial charge in [-0.25, -0.2) is 5.43 Å². The van der Waals surface area contributed by atoms with Gasteiger partial charge in [-0.2, -0.15) is 0 Å². The highest BCUT2D eigenvalue weighted by Gasteiger charge is 2.23. The lowest BCUT2D eigenvalue weighted by Gasteiger charge is -2.16. The topological polar surface area (TPSA) is 56.5 Å². The van der Waals surface area contributed by atoms with Crippen LogP contribution in [-0.2, 0) is 4.74 Å². The number of ether oxygens (including phenoxy) is 2. The standard InChI is InChI=1S/C10H14N2O2S/c1-13-8-4-6-15-10(8)9(12-11)7-3-2-5-14-7/h3-4,6,9,12H,2,5,11H2,1H3. The molecule has 0 fully saturated rings. The molecule has 0 saturated heterocycles. The fourth-order valence-corrected chi connectivity index (χ4v) is 2.54. The van der Waals surface area contributed by atoms with Crippen LogP contribution in [0.4, 0.5) is 0 Å². The van der Waals surface area contributed by atoms with Crippen LogP contribution in [0.3, 0.4) is 0 Å². The molecule has 0 aliphatic carbocycles. The Morgan fingerprint density at radius 2 is 2.53 bits per heavy atom. The van der Waals surface area contributed by atoms with Crippen molar-refractivity contribution in [2.24, 2.45) is 5.84 Å². The Morgan fingerprint density at radius 1 is 1.67 bits per heavy atom. The molecule has 0 spiro atoms. The summed E-state index contributed by atoms with van der Waals surface area (Å²) in [6.45, 7) is 0.737. The predicted molar refractivity (Wildman–Crippen MR) is 59.6 cm³/mol. The molecule has 2 heterocycles. The van der Waals surface area contributed by atoms with Gasteiger partial charge in [0, 0.05) is 6.42 Å². The molecule has 82 valence electrons. The highest BCUT2D eigenvalue weighted by atomic mass is 32.1. The zero-order valence-corrected chi connectivity index (χ0v) is 9.34. The molecule has 1 unspecified atom stereocenters. The van der Waals surface area contributed by atoms with Gasteiger partial charge in [-0.15, -0.1) is 11.3 Å². The summed E-state index contributed by atoms with van der Waals surface area (Å²) in [6, 6.07) is 1.84. The second-order valence-corrected chi connectivity index (χ2v) is 4.14. The van der Waals surface area contributed by atoms with Gasteiger partial charge in [0.2, 0.25) is 0 Å². The minimum absolute atomic E-state index is 0.0950. The van der Waals surface area contributed by atoms with Gasteiger partial charge in [0.05, 0.1) is 18.6 Å². The molecule has 0 radical (unpaired) electrons. The Kier molecular flexibility index (Phi) is 3.25. The zero-order chi connectivity index (χ0) is 10.7. The van der Waals surface area contributed by atoms with E-state index in [9.17, 15) is 0 Å². The van der Waals surface area contributed by atoms with E-state index >= 15 is 0 Å². The maximum atomic E-state index is 5.55. The van der Waals surface area contributed by atoms with Gasteiger partial charge in [0.25, 0.3) is 0 Å². The van der Waals surface area contributed by atoms with E-state index in [0.29, 0.717) is 0 Å². The van der Waals surface area contributed by atoms with Crippen molar-refractivity contribution in [3.63, 3.8) is 0 Å². The van der Waals surface area contributed by atoms with Gasteiger partial charge < -0.3 is 9.47 Å². The quantitative estimate of drug-likeness (QED) is 0.604. The Morgan fingerprint density at radius 3 is 3.13 bits per heavy atom. The molecule has 1 aliphatic heterocycles. The molecule has 0 aromatic carbocycles. The highest BCUT2D eigenvalue weighted by molar-refractivity contribution is 7.10. The number of nitrogens with one attached hydrogen (secondary N) is 1. The fraction of sp³-hybridized carbons (Fsp3) is 0.400. The summed E-state index contributed by atoms with van der Waals surface area (Å²) in [5.74, 6) is 7.28. The summed E-state index contributed by atoms with van der Waals surface area (Å²) in [4.78, 5) is 1.05. The number of thiophene rings is 1. The van der Waals surface area contributed by atoms with Crippen LogP contribution in [-0.4, -0.2) is 13.7 Å². The maximum absolute atomic E-state index is 5.55. The SMILES string of the molecule is COc1ccsc1C(NN)C1=CCCO1. The summed E-state index contributed by atoms with van der Waals surface area (Å²) < 4.78 is 10.8. The van der Waals surface area contributed by atoms with Gasteiger partial charge in [0.1, 0.15) is 17.6 Å². The third-order valence-electron chi connectivity index (χ3n) is 2.32. The molecule has 1 atom stereocenters. The molecule has 4 nitrogen and oxygen atoms in total.